The van der Waals surface area contributed by atoms with Crippen LogP contribution < -0.4 is 10.1 Å². The van der Waals surface area contributed by atoms with Crippen molar-refractivity contribution < 1.29 is 4.74 Å². The second-order valence-electron chi connectivity index (χ2n) is 4.12. The molecule has 4 nitrogen and oxygen atoms in total. The molecule has 0 unspecified atom stereocenters. The first-order valence-electron chi connectivity index (χ1n) is 6.38. The Kier molecular flexibility index (Phi) is 5.42. The molecule has 1 aromatic heterocycles. The lowest BCUT2D eigenvalue weighted by molar-refractivity contribution is 0.296. The summed E-state index contributed by atoms with van der Waals surface area (Å²) in [4.78, 5) is 4.33. The van der Waals surface area contributed by atoms with Gasteiger partial charge in [0.25, 0.3) is 0 Å². The predicted octanol–water partition coefficient (Wildman–Crippen LogP) is 2.83. The second kappa shape index (κ2) is 7.31. The normalized spacial score (nSPS) is 10.6. The standard InChI is InChI=1S/C14H18BrN3O/c1-2-16-11-14-17-7-8-18(14)9-10-19-13-5-3-12(15)4-6-13/h3-8,16H,2,9-11H2,1H3. The number of aromatic nitrogens is 2. The van der Waals surface area contributed by atoms with Gasteiger partial charge in [-0.15, -0.1) is 0 Å². The zero-order valence-corrected chi connectivity index (χ0v) is 12.6. The minimum atomic E-state index is 0.636. The van der Waals surface area contributed by atoms with Crippen LogP contribution in [0.25, 0.3) is 0 Å². The van der Waals surface area contributed by atoms with Crippen LogP contribution in [0.15, 0.2) is 41.1 Å². The molecule has 2 rings (SSSR count). The zero-order chi connectivity index (χ0) is 13.5. The van der Waals surface area contributed by atoms with Gasteiger partial charge < -0.3 is 14.6 Å². The molecule has 0 bridgehead atoms. The van der Waals surface area contributed by atoms with E-state index < -0.39 is 0 Å². The van der Waals surface area contributed by atoms with Crippen molar-refractivity contribution in [2.75, 3.05) is 13.2 Å². The number of nitrogens with zero attached hydrogens (tertiary/aromatic N) is 2. The molecular formula is C14H18BrN3O. The zero-order valence-electron chi connectivity index (χ0n) is 11.0. The van der Waals surface area contributed by atoms with E-state index >= 15 is 0 Å². The fourth-order valence-electron chi connectivity index (χ4n) is 1.74. The second-order valence-corrected chi connectivity index (χ2v) is 5.04. The molecule has 0 fully saturated rings. The van der Waals surface area contributed by atoms with Crippen molar-refractivity contribution in [1.82, 2.24) is 14.9 Å². The first-order valence-corrected chi connectivity index (χ1v) is 7.18. The van der Waals surface area contributed by atoms with E-state index in [1.807, 2.05) is 36.7 Å². The van der Waals surface area contributed by atoms with Gasteiger partial charge in [-0.3, -0.25) is 0 Å². The Bertz CT molecular complexity index is 496. The molecule has 0 saturated heterocycles. The molecule has 5 heteroatoms. The Morgan fingerprint density at radius 2 is 2.11 bits per heavy atom. The fourth-order valence-corrected chi connectivity index (χ4v) is 2.00. The topological polar surface area (TPSA) is 39.1 Å². The lowest BCUT2D eigenvalue weighted by Gasteiger charge is -2.10. The molecule has 19 heavy (non-hydrogen) atoms. The monoisotopic (exact) mass is 323 g/mol. The minimum Gasteiger partial charge on any atom is -0.492 e. The van der Waals surface area contributed by atoms with E-state index in [1.165, 1.54) is 0 Å². The van der Waals surface area contributed by atoms with Gasteiger partial charge in [0.1, 0.15) is 18.2 Å². The molecule has 0 spiro atoms. The van der Waals surface area contributed by atoms with E-state index in [4.69, 9.17) is 4.74 Å². The van der Waals surface area contributed by atoms with Gasteiger partial charge in [-0.1, -0.05) is 22.9 Å². The van der Waals surface area contributed by atoms with Gasteiger partial charge in [0.15, 0.2) is 0 Å². The molecule has 0 aliphatic rings. The molecule has 0 radical (unpaired) electrons. The van der Waals surface area contributed by atoms with Crippen molar-refractivity contribution in [3.05, 3.63) is 47.0 Å². The summed E-state index contributed by atoms with van der Waals surface area (Å²) in [5.74, 6) is 1.93. The number of benzene rings is 1. The first-order chi connectivity index (χ1) is 9.29. The summed E-state index contributed by atoms with van der Waals surface area (Å²) in [7, 11) is 0. The third-order valence-electron chi connectivity index (χ3n) is 2.75. The van der Waals surface area contributed by atoms with Gasteiger partial charge >= 0.3 is 0 Å². The third-order valence-corrected chi connectivity index (χ3v) is 3.28. The van der Waals surface area contributed by atoms with E-state index in [1.54, 1.807) is 0 Å². The van der Waals surface area contributed by atoms with E-state index in [2.05, 4.69) is 37.7 Å². The number of nitrogens with one attached hydrogen (secondary N) is 1. The van der Waals surface area contributed by atoms with Crippen LogP contribution in [0.2, 0.25) is 0 Å². The highest BCUT2D eigenvalue weighted by atomic mass is 79.9. The summed E-state index contributed by atoms with van der Waals surface area (Å²) in [5, 5.41) is 3.28. The average Bonchev–Trinajstić information content (AvgIpc) is 2.86. The van der Waals surface area contributed by atoms with Crippen molar-refractivity contribution in [3.63, 3.8) is 0 Å². The van der Waals surface area contributed by atoms with E-state index in [-0.39, 0.29) is 0 Å². The molecule has 102 valence electrons. The Balaban J connectivity index is 1.82. The molecule has 2 aromatic rings. The van der Waals surface area contributed by atoms with Gasteiger partial charge in [-0.05, 0) is 30.8 Å². The summed E-state index contributed by atoms with van der Waals surface area (Å²) in [6.45, 7) is 5.27. The highest BCUT2D eigenvalue weighted by Gasteiger charge is 2.02. The predicted molar refractivity (Wildman–Crippen MR) is 79.2 cm³/mol. The van der Waals surface area contributed by atoms with Crippen LogP contribution in [0.4, 0.5) is 0 Å². The maximum Gasteiger partial charge on any atom is 0.122 e. The van der Waals surface area contributed by atoms with Gasteiger partial charge in [-0.2, -0.15) is 0 Å². The smallest absolute Gasteiger partial charge is 0.122 e. The van der Waals surface area contributed by atoms with Crippen molar-refractivity contribution in [3.8, 4) is 5.75 Å². The third kappa shape index (κ3) is 4.36. The number of halogens is 1. The summed E-state index contributed by atoms with van der Waals surface area (Å²) in [6.07, 6.45) is 3.81. The van der Waals surface area contributed by atoms with Gasteiger partial charge in [-0.25, -0.2) is 4.98 Å². The van der Waals surface area contributed by atoms with Gasteiger partial charge in [0, 0.05) is 16.9 Å². The van der Waals surface area contributed by atoms with Crippen LogP contribution in [-0.2, 0) is 13.1 Å². The van der Waals surface area contributed by atoms with Crippen LogP contribution in [0.5, 0.6) is 5.75 Å². The number of hydrogen-bond acceptors (Lipinski definition) is 3. The lowest BCUT2D eigenvalue weighted by atomic mass is 10.3. The van der Waals surface area contributed by atoms with Crippen molar-refractivity contribution in [2.24, 2.45) is 0 Å². The van der Waals surface area contributed by atoms with Crippen molar-refractivity contribution in [1.29, 1.82) is 0 Å². The average molecular weight is 324 g/mol. The summed E-state index contributed by atoms with van der Waals surface area (Å²) in [6, 6.07) is 7.86. The molecule has 1 N–H and O–H groups in total. The quantitative estimate of drug-likeness (QED) is 0.851. The van der Waals surface area contributed by atoms with Gasteiger partial charge in [0.2, 0.25) is 0 Å². The maximum absolute atomic E-state index is 5.70. The first kappa shape index (κ1) is 14.1. The maximum atomic E-state index is 5.70. The minimum absolute atomic E-state index is 0.636. The molecule has 0 aliphatic heterocycles. The summed E-state index contributed by atoms with van der Waals surface area (Å²) in [5.41, 5.74) is 0. The molecular weight excluding hydrogens is 306 g/mol. The highest BCUT2D eigenvalue weighted by molar-refractivity contribution is 9.10. The molecule has 0 aliphatic carbocycles. The Labute approximate surface area is 121 Å². The molecule has 0 atom stereocenters. The van der Waals surface area contributed by atoms with E-state index in [9.17, 15) is 0 Å². The number of imidazole rings is 1. The highest BCUT2D eigenvalue weighted by Crippen LogP contribution is 2.16. The van der Waals surface area contributed by atoms with Gasteiger partial charge in [0.05, 0.1) is 13.1 Å². The Morgan fingerprint density at radius 3 is 2.84 bits per heavy atom. The van der Waals surface area contributed by atoms with Crippen LogP contribution in [0, 0.1) is 0 Å². The fraction of sp³-hybridized carbons (Fsp3) is 0.357. The lowest BCUT2D eigenvalue weighted by Crippen LogP contribution is -2.18. The molecule has 1 aromatic carbocycles. The van der Waals surface area contributed by atoms with Crippen LogP contribution >= 0.6 is 15.9 Å². The van der Waals surface area contributed by atoms with E-state index in [0.717, 1.165) is 35.7 Å². The Hall–Kier alpha value is -1.33. The summed E-state index contributed by atoms with van der Waals surface area (Å²) >= 11 is 3.40. The summed E-state index contributed by atoms with van der Waals surface area (Å²) < 4.78 is 8.87. The number of hydrogen-bond donors (Lipinski definition) is 1. The molecule has 0 saturated carbocycles. The molecule has 0 amide bonds. The number of ether oxygens (including phenoxy) is 1. The van der Waals surface area contributed by atoms with Crippen molar-refractivity contribution >= 4 is 15.9 Å². The van der Waals surface area contributed by atoms with E-state index in [0.29, 0.717) is 6.61 Å². The van der Waals surface area contributed by atoms with Crippen LogP contribution in [0.1, 0.15) is 12.7 Å². The van der Waals surface area contributed by atoms with Crippen molar-refractivity contribution in [2.45, 2.75) is 20.0 Å². The molecule has 1 heterocycles. The van der Waals surface area contributed by atoms with Crippen LogP contribution in [-0.4, -0.2) is 22.7 Å². The SMILES string of the molecule is CCNCc1nccn1CCOc1ccc(Br)cc1. The number of rotatable bonds is 7. The Morgan fingerprint density at radius 1 is 1.32 bits per heavy atom. The van der Waals surface area contributed by atoms with Crippen LogP contribution in [0.3, 0.4) is 0 Å². The largest absolute Gasteiger partial charge is 0.492 e.